The van der Waals surface area contributed by atoms with Gasteiger partial charge in [-0.25, -0.2) is 4.98 Å². The Kier molecular flexibility index (Phi) is 4.28. The van der Waals surface area contributed by atoms with E-state index in [4.69, 9.17) is 4.74 Å². The fraction of sp³-hybridized carbons (Fsp3) is 0.0667. The summed E-state index contributed by atoms with van der Waals surface area (Å²) in [6.45, 7) is 0. The van der Waals surface area contributed by atoms with E-state index in [1.165, 1.54) is 11.3 Å². The Hall–Kier alpha value is -2.18. The molecule has 0 aliphatic heterocycles. The molecule has 0 saturated carbocycles. The van der Waals surface area contributed by atoms with Crippen LogP contribution in [0, 0.1) is 0 Å². The highest BCUT2D eigenvalue weighted by Gasteiger charge is 2.04. The van der Waals surface area contributed by atoms with Crippen LogP contribution in [0.15, 0.2) is 52.3 Å². The zero-order valence-corrected chi connectivity index (χ0v) is 12.9. The third-order valence-electron chi connectivity index (χ3n) is 2.78. The van der Waals surface area contributed by atoms with E-state index < -0.39 is 0 Å². The Bertz CT molecular complexity index is 735. The maximum absolute atomic E-state index is 5.27. The van der Waals surface area contributed by atoms with Crippen molar-refractivity contribution in [2.75, 3.05) is 12.5 Å². The first-order valence-corrected chi connectivity index (χ1v) is 8.04. The largest absolute Gasteiger partial charge is 0.496 e. The van der Waals surface area contributed by atoms with Gasteiger partial charge in [-0.15, -0.1) is 22.7 Å². The van der Waals surface area contributed by atoms with Gasteiger partial charge >= 0.3 is 0 Å². The summed E-state index contributed by atoms with van der Waals surface area (Å²) in [6, 6.07) is 11.8. The molecule has 0 bridgehead atoms. The van der Waals surface area contributed by atoms with Crippen molar-refractivity contribution in [2.24, 2.45) is 5.10 Å². The van der Waals surface area contributed by atoms with Crippen LogP contribution >= 0.6 is 22.7 Å². The van der Waals surface area contributed by atoms with Gasteiger partial charge in [-0.05, 0) is 23.6 Å². The van der Waals surface area contributed by atoms with E-state index in [0.29, 0.717) is 0 Å². The van der Waals surface area contributed by atoms with Gasteiger partial charge in [0.05, 0.1) is 23.9 Å². The number of thiophene rings is 1. The number of ether oxygens (including phenoxy) is 1. The lowest BCUT2D eigenvalue weighted by molar-refractivity contribution is 0.414. The summed E-state index contributed by atoms with van der Waals surface area (Å²) in [5, 5.41) is 9.04. The minimum absolute atomic E-state index is 0.768. The number of nitrogens with one attached hydrogen (secondary N) is 1. The quantitative estimate of drug-likeness (QED) is 0.563. The minimum atomic E-state index is 0.768. The SMILES string of the molecule is COc1ccccc1/C=N\Nc1nc(-c2cccs2)cs1. The van der Waals surface area contributed by atoms with Crippen molar-refractivity contribution in [1.82, 2.24) is 4.98 Å². The molecule has 0 amide bonds. The molecular weight excluding hydrogens is 302 g/mol. The lowest BCUT2D eigenvalue weighted by atomic mass is 10.2. The van der Waals surface area contributed by atoms with Gasteiger partial charge < -0.3 is 4.74 Å². The summed E-state index contributed by atoms with van der Waals surface area (Å²) in [6.07, 6.45) is 1.73. The molecule has 0 atom stereocenters. The van der Waals surface area contributed by atoms with E-state index in [9.17, 15) is 0 Å². The van der Waals surface area contributed by atoms with Gasteiger partial charge in [0.1, 0.15) is 5.75 Å². The molecule has 0 saturated heterocycles. The molecule has 21 heavy (non-hydrogen) atoms. The molecule has 3 rings (SSSR count). The molecule has 106 valence electrons. The highest BCUT2D eigenvalue weighted by atomic mass is 32.1. The van der Waals surface area contributed by atoms with Gasteiger partial charge in [-0.2, -0.15) is 5.10 Å². The lowest BCUT2D eigenvalue weighted by Crippen LogP contribution is -1.93. The van der Waals surface area contributed by atoms with Crippen LogP contribution in [-0.4, -0.2) is 18.3 Å². The second-order valence-electron chi connectivity index (χ2n) is 4.13. The Morgan fingerprint density at radius 2 is 2.10 bits per heavy atom. The van der Waals surface area contributed by atoms with Crippen LogP contribution in [-0.2, 0) is 0 Å². The average Bonchev–Trinajstić information content (AvgIpc) is 3.18. The van der Waals surface area contributed by atoms with Crippen molar-refractivity contribution in [2.45, 2.75) is 0 Å². The molecule has 0 aliphatic rings. The zero-order valence-electron chi connectivity index (χ0n) is 11.3. The van der Waals surface area contributed by atoms with Gasteiger partial charge in [-0.1, -0.05) is 18.2 Å². The van der Waals surface area contributed by atoms with E-state index >= 15 is 0 Å². The molecular formula is C15H13N3OS2. The molecule has 0 fully saturated rings. The summed E-state index contributed by atoms with van der Waals surface area (Å²) < 4.78 is 5.27. The molecule has 2 heterocycles. The molecule has 0 radical (unpaired) electrons. The molecule has 3 aromatic rings. The number of methoxy groups -OCH3 is 1. The fourth-order valence-corrected chi connectivity index (χ4v) is 3.21. The molecule has 4 nitrogen and oxygen atoms in total. The highest BCUT2D eigenvalue weighted by Crippen LogP contribution is 2.28. The van der Waals surface area contributed by atoms with Crippen LogP contribution in [0.2, 0.25) is 0 Å². The summed E-state index contributed by atoms with van der Waals surface area (Å²) in [5.74, 6) is 0.793. The number of hydrogen-bond donors (Lipinski definition) is 1. The molecule has 1 aromatic carbocycles. The van der Waals surface area contributed by atoms with Crippen LogP contribution in [0.25, 0.3) is 10.6 Å². The van der Waals surface area contributed by atoms with Crippen LogP contribution in [0.1, 0.15) is 5.56 Å². The topological polar surface area (TPSA) is 46.5 Å². The van der Waals surface area contributed by atoms with Crippen molar-refractivity contribution >= 4 is 34.0 Å². The first kappa shape index (κ1) is 13.8. The van der Waals surface area contributed by atoms with Gasteiger partial charge in [-0.3, -0.25) is 5.43 Å². The standard InChI is InChI=1S/C15H13N3OS2/c1-19-13-6-3-2-5-11(13)9-16-18-15-17-12(10-21-15)14-7-4-8-20-14/h2-10H,1H3,(H,17,18)/b16-9-. The van der Waals surface area contributed by atoms with Crippen molar-refractivity contribution in [1.29, 1.82) is 0 Å². The smallest absolute Gasteiger partial charge is 0.203 e. The van der Waals surface area contributed by atoms with E-state index in [2.05, 4.69) is 21.6 Å². The molecule has 6 heteroatoms. The minimum Gasteiger partial charge on any atom is -0.496 e. The number of thiazole rings is 1. The Morgan fingerprint density at radius 1 is 1.19 bits per heavy atom. The Labute approximate surface area is 130 Å². The third kappa shape index (κ3) is 3.29. The lowest BCUT2D eigenvalue weighted by Gasteiger charge is -2.02. The van der Waals surface area contributed by atoms with Gasteiger partial charge in [0.15, 0.2) is 0 Å². The summed E-state index contributed by atoms with van der Waals surface area (Å²) in [5.41, 5.74) is 4.85. The van der Waals surface area contributed by atoms with Crippen LogP contribution in [0.3, 0.4) is 0 Å². The molecule has 2 aromatic heterocycles. The van der Waals surface area contributed by atoms with E-state index in [1.54, 1.807) is 24.7 Å². The fourth-order valence-electron chi connectivity index (χ4n) is 1.79. The van der Waals surface area contributed by atoms with Gasteiger partial charge in [0, 0.05) is 10.9 Å². The number of anilines is 1. The monoisotopic (exact) mass is 315 g/mol. The predicted octanol–water partition coefficient (Wildman–Crippen LogP) is 4.33. The first-order valence-electron chi connectivity index (χ1n) is 6.28. The predicted molar refractivity (Wildman–Crippen MR) is 89.6 cm³/mol. The van der Waals surface area contributed by atoms with Crippen molar-refractivity contribution in [3.05, 3.63) is 52.7 Å². The second-order valence-corrected chi connectivity index (χ2v) is 5.93. The van der Waals surface area contributed by atoms with E-state index in [1.807, 2.05) is 41.1 Å². The molecule has 0 unspecified atom stereocenters. The molecule has 0 spiro atoms. The first-order chi connectivity index (χ1) is 10.4. The number of hydrazone groups is 1. The van der Waals surface area contributed by atoms with Gasteiger partial charge in [0.2, 0.25) is 5.13 Å². The number of benzene rings is 1. The Morgan fingerprint density at radius 3 is 2.90 bits per heavy atom. The van der Waals surface area contributed by atoms with E-state index in [0.717, 1.165) is 27.0 Å². The number of para-hydroxylation sites is 1. The molecule has 1 N–H and O–H groups in total. The molecule has 0 aliphatic carbocycles. The third-order valence-corrected chi connectivity index (χ3v) is 4.42. The summed E-state index contributed by atoms with van der Waals surface area (Å²) in [4.78, 5) is 5.66. The Balaban J connectivity index is 1.69. The maximum atomic E-state index is 5.27. The maximum Gasteiger partial charge on any atom is 0.203 e. The average molecular weight is 315 g/mol. The van der Waals surface area contributed by atoms with Crippen molar-refractivity contribution < 1.29 is 4.74 Å². The zero-order chi connectivity index (χ0) is 14.5. The van der Waals surface area contributed by atoms with Crippen LogP contribution < -0.4 is 10.2 Å². The highest BCUT2D eigenvalue weighted by molar-refractivity contribution is 7.15. The van der Waals surface area contributed by atoms with Crippen molar-refractivity contribution in [3.8, 4) is 16.3 Å². The number of hydrogen-bond acceptors (Lipinski definition) is 6. The van der Waals surface area contributed by atoms with Gasteiger partial charge in [0.25, 0.3) is 0 Å². The number of rotatable bonds is 5. The summed E-state index contributed by atoms with van der Waals surface area (Å²) >= 11 is 3.21. The van der Waals surface area contributed by atoms with Crippen molar-refractivity contribution in [3.63, 3.8) is 0 Å². The number of nitrogens with zero attached hydrogens (tertiary/aromatic N) is 2. The second kappa shape index (κ2) is 6.51. The van der Waals surface area contributed by atoms with E-state index in [-0.39, 0.29) is 0 Å². The van der Waals surface area contributed by atoms with Crippen LogP contribution in [0.4, 0.5) is 5.13 Å². The van der Waals surface area contributed by atoms with Crippen LogP contribution in [0.5, 0.6) is 5.75 Å². The normalized spacial score (nSPS) is 10.9. The summed E-state index contributed by atoms with van der Waals surface area (Å²) in [7, 11) is 1.65. The number of aromatic nitrogens is 1.